The van der Waals surface area contributed by atoms with E-state index in [1.54, 1.807) is 12.1 Å². The third-order valence-corrected chi connectivity index (χ3v) is 4.44. The number of carbonyl (C=O) groups is 2. The Balaban J connectivity index is 0.00000220. The van der Waals surface area contributed by atoms with Gasteiger partial charge in [0.1, 0.15) is 0 Å². The first-order valence-electron chi connectivity index (χ1n) is 6.88. The molecule has 1 atom stereocenters. The molecule has 1 aliphatic rings. The van der Waals surface area contributed by atoms with Gasteiger partial charge in [0, 0.05) is 24.7 Å². The first-order valence-corrected chi connectivity index (χ1v) is 8.03. The second-order valence-corrected chi connectivity index (χ2v) is 5.89. The minimum Gasteiger partial charge on any atom is -0.338 e. The molecule has 1 aromatic rings. The van der Waals surface area contributed by atoms with Crippen molar-refractivity contribution in [3.05, 3.63) is 35.9 Å². The molecule has 6 heteroatoms. The van der Waals surface area contributed by atoms with Crippen LogP contribution in [0.3, 0.4) is 0 Å². The Labute approximate surface area is 135 Å². The lowest BCUT2D eigenvalue weighted by atomic mass is 10.2. The van der Waals surface area contributed by atoms with Crippen LogP contribution >= 0.6 is 24.2 Å². The standard InChI is InChI=1S/C15H20N2O2S.ClH/c16-9-13-7-4-8-17(13)15(19)11-20-10-14(18)12-5-2-1-3-6-12;/h1-3,5-6,13H,4,7-11,16H2;1H. The zero-order valence-electron chi connectivity index (χ0n) is 11.9. The average molecular weight is 329 g/mol. The lowest BCUT2D eigenvalue weighted by Gasteiger charge is -2.23. The van der Waals surface area contributed by atoms with E-state index in [1.165, 1.54) is 11.8 Å². The number of Topliss-reactive ketones (excluding diaryl/α,β-unsaturated/α-hetero) is 1. The van der Waals surface area contributed by atoms with Gasteiger partial charge in [-0.2, -0.15) is 0 Å². The van der Waals surface area contributed by atoms with Crippen LogP contribution in [0.4, 0.5) is 0 Å². The number of nitrogens with zero attached hydrogens (tertiary/aromatic N) is 1. The van der Waals surface area contributed by atoms with E-state index in [-0.39, 0.29) is 30.1 Å². The lowest BCUT2D eigenvalue weighted by molar-refractivity contribution is -0.128. The summed E-state index contributed by atoms with van der Waals surface area (Å²) < 4.78 is 0. The van der Waals surface area contributed by atoms with Gasteiger partial charge in [0.15, 0.2) is 5.78 Å². The monoisotopic (exact) mass is 328 g/mol. The number of hydrogen-bond acceptors (Lipinski definition) is 4. The van der Waals surface area contributed by atoms with Crippen molar-refractivity contribution in [1.29, 1.82) is 0 Å². The van der Waals surface area contributed by atoms with E-state index in [9.17, 15) is 9.59 Å². The maximum absolute atomic E-state index is 12.1. The van der Waals surface area contributed by atoms with Crippen LogP contribution in [0.25, 0.3) is 0 Å². The number of nitrogens with two attached hydrogens (primary N) is 1. The summed E-state index contributed by atoms with van der Waals surface area (Å²) in [5.74, 6) is 0.871. The largest absolute Gasteiger partial charge is 0.338 e. The number of benzene rings is 1. The fourth-order valence-electron chi connectivity index (χ4n) is 2.43. The van der Waals surface area contributed by atoms with Gasteiger partial charge < -0.3 is 10.6 Å². The molecule has 0 aromatic heterocycles. The van der Waals surface area contributed by atoms with Crippen molar-refractivity contribution in [1.82, 2.24) is 4.90 Å². The zero-order valence-corrected chi connectivity index (χ0v) is 13.5. The average Bonchev–Trinajstić information content (AvgIpc) is 2.96. The van der Waals surface area contributed by atoms with E-state index in [0.29, 0.717) is 23.6 Å². The van der Waals surface area contributed by atoms with Crippen LogP contribution in [0, 0.1) is 0 Å². The first-order chi connectivity index (χ1) is 9.72. The van der Waals surface area contributed by atoms with Gasteiger partial charge in [-0.05, 0) is 12.8 Å². The molecule has 21 heavy (non-hydrogen) atoms. The second-order valence-electron chi connectivity index (χ2n) is 4.90. The highest BCUT2D eigenvalue weighted by Crippen LogP contribution is 2.18. The number of thioether (sulfide) groups is 1. The van der Waals surface area contributed by atoms with E-state index in [0.717, 1.165) is 19.4 Å². The summed E-state index contributed by atoms with van der Waals surface area (Å²) in [4.78, 5) is 25.8. The molecule has 2 rings (SSSR count). The summed E-state index contributed by atoms with van der Waals surface area (Å²) in [6.45, 7) is 1.33. The summed E-state index contributed by atoms with van der Waals surface area (Å²) in [5, 5.41) is 0. The van der Waals surface area contributed by atoms with E-state index in [2.05, 4.69) is 0 Å². The van der Waals surface area contributed by atoms with Crippen molar-refractivity contribution in [3.8, 4) is 0 Å². The van der Waals surface area contributed by atoms with Gasteiger partial charge in [-0.25, -0.2) is 0 Å². The number of likely N-dealkylation sites (tertiary alicyclic amines) is 1. The Morgan fingerprint density at radius 2 is 1.95 bits per heavy atom. The van der Waals surface area contributed by atoms with E-state index < -0.39 is 0 Å². The minimum atomic E-state index is 0. The molecule has 116 valence electrons. The van der Waals surface area contributed by atoms with Gasteiger partial charge in [-0.3, -0.25) is 9.59 Å². The number of hydrogen-bond donors (Lipinski definition) is 1. The van der Waals surface area contributed by atoms with Gasteiger partial charge >= 0.3 is 0 Å². The van der Waals surface area contributed by atoms with Gasteiger partial charge in [-0.15, -0.1) is 24.2 Å². The summed E-state index contributed by atoms with van der Waals surface area (Å²) in [6, 6.07) is 9.37. The molecule has 1 fully saturated rings. The van der Waals surface area contributed by atoms with Crippen molar-refractivity contribution >= 4 is 35.9 Å². The van der Waals surface area contributed by atoms with Crippen LogP contribution in [0.1, 0.15) is 23.2 Å². The van der Waals surface area contributed by atoms with Crippen molar-refractivity contribution in [2.24, 2.45) is 5.73 Å². The quantitative estimate of drug-likeness (QED) is 0.811. The third-order valence-electron chi connectivity index (χ3n) is 3.52. The normalized spacial score (nSPS) is 17.4. The van der Waals surface area contributed by atoms with Crippen molar-refractivity contribution < 1.29 is 9.59 Å². The Morgan fingerprint density at radius 3 is 2.62 bits per heavy atom. The highest BCUT2D eigenvalue weighted by atomic mass is 35.5. The summed E-state index contributed by atoms with van der Waals surface area (Å²) in [5.41, 5.74) is 6.36. The molecular formula is C15H21ClN2O2S. The van der Waals surface area contributed by atoms with Crippen LogP contribution in [0.5, 0.6) is 0 Å². The first kappa shape index (κ1) is 18.0. The van der Waals surface area contributed by atoms with Crippen LogP contribution in [0.2, 0.25) is 0 Å². The van der Waals surface area contributed by atoms with E-state index in [4.69, 9.17) is 5.73 Å². The Hall–Kier alpha value is -1.04. The molecule has 0 saturated carbocycles. The van der Waals surface area contributed by atoms with Crippen LogP contribution in [-0.4, -0.2) is 47.2 Å². The SMILES string of the molecule is Cl.NCC1CCCN1C(=O)CSCC(=O)c1ccccc1. The molecule has 1 saturated heterocycles. The van der Waals surface area contributed by atoms with Crippen molar-refractivity contribution in [3.63, 3.8) is 0 Å². The molecule has 4 nitrogen and oxygen atoms in total. The maximum atomic E-state index is 12.1. The number of carbonyl (C=O) groups excluding carboxylic acids is 2. The zero-order chi connectivity index (χ0) is 14.4. The minimum absolute atomic E-state index is 0. The highest BCUT2D eigenvalue weighted by Gasteiger charge is 2.27. The van der Waals surface area contributed by atoms with Crippen LogP contribution in [-0.2, 0) is 4.79 Å². The molecule has 2 N–H and O–H groups in total. The number of rotatable bonds is 6. The molecule has 1 amide bonds. The number of halogens is 1. The Kier molecular flexibility index (Phi) is 7.78. The summed E-state index contributed by atoms with van der Waals surface area (Å²) >= 11 is 1.38. The topological polar surface area (TPSA) is 63.4 Å². The predicted molar refractivity (Wildman–Crippen MR) is 89.1 cm³/mol. The molecule has 1 unspecified atom stereocenters. The molecule has 0 radical (unpaired) electrons. The van der Waals surface area contributed by atoms with E-state index in [1.807, 2.05) is 23.1 Å². The fraction of sp³-hybridized carbons (Fsp3) is 0.467. The van der Waals surface area contributed by atoms with Crippen LogP contribution in [0.15, 0.2) is 30.3 Å². The molecule has 1 aromatic carbocycles. The fourth-order valence-corrected chi connectivity index (χ4v) is 3.22. The summed E-state index contributed by atoms with van der Waals surface area (Å²) in [7, 11) is 0. The lowest BCUT2D eigenvalue weighted by Crippen LogP contribution is -2.40. The smallest absolute Gasteiger partial charge is 0.232 e. The Morgan fingerprint density at radius 1 is 1.24 bits per heavy atom. The van der Waals surface area contributed by atoms with Gasteiger partial charge in [-0.1, -0.05) is 30.3 Å². The summed E-state index contributed by atoms with van der Waals surface area (Å²) in [6.07, 6.45) is 2.02. The third kappa shape index (κ3) is 5.02. The van der Waals surface area contributed by atoms with Crippen LogP contribution < -0.4 is 5.73 Å². The predicted octanol–water partition coefficient (Wildman–Crippen LogP) is 1.97. The van der Waals surface area contributed by atoms with E-state index >= 15 is 0 Å². The molecule has 0 spiro atoms. The molecule has 1 aliphatic heterocycles. The highest BCUT2D eigenvalue weighted by molar-refractivity contribution is 8.00. The van der Waals surface area contributed by atoms with Gasteiger partial charge in [0.05, 0.1) is 11.5 Å². The maximum Gasteiger partial charge on any atom is 0.232 e. The number of amides is 1. The van der Waals surface area contributed by atoms with Gasteiger partial charge in [0.2, 0.25) is 5.91 Å². The van der Waals surface area contributed by atoms with Crippen molar-refractivity contribution in [2.75, 3.05) is 24.6 Å². The Bertz CT molecular complexity index is 470. The molecular weight excluding hydrogens is 308 g/mol. The molecule has 0 aliphatic carbocycles. The second kappa shape index (κ2) is 9.07. The number of ketones is 1. The van der Waals surface area contributed by atoms with Crippen molar-refractivity contribution in [2.45, 2.75) is 18.9 Å². The van der Waals surface area contributed by atoms with Gasteiger partial charge in [0.25, 0.3) is 0 Å². The molecule has 1 heterocycles. The molecule has 0 bridgehead atoms.